The molecule has 3 amide bonds. The first-order valence-corrected chi connectivity index (χ1v) is 20.9. The Morgan fingerprint density at radius 2 is 1.44 bits per heavy atom. The van der Waals surface area contributed by atoms with Crippen LogP contribution in [0.25, 0.3) is 28.2 Å². The van der Waals surface area contributed by atoms with Crippen LogP contribution >= 0.6 is 0 Å². The van der Waals surface area contributed by atoms with E-state index in [2.05, 4.69) is 26.0 Å². The number of carbonyl (C=O) groups excluding carboxylic acids is 4. The molecule has 0 aliphatic carbocycles. The molecular weight excluding hydrogens is 812 g/mol. The molecule has 2 heterocycles. The highest BCUT2D eigenvalue weighted by molar-refractivity contribution is 7.90. The van der Waals surface area contributed by atoms with Gasteiger partial charge in [-0.2, -0.15) is 0 Å². The van der Waals surface area contributed by atoms with E-state index in [1.165, 1.54) is 42.8 Å². The molecule has 0 radical (unpaired) electrons. The van der Waals surface area contributed by atoms with E-state index in [1.54, 1.807) is 91.1 Å². The topological polar surface area (TPSA) is 206 Å². The molecule has 61 heavy (non-hydrogen) atoms. The van der Waals surface area contributed by atoms with Gasteiger partial charge in [0.25, 0.3) is 0 Å². The van der Waals surface area contributed by atoms with Crippen LogP contribution in [0.3, 0.4) is 0 Å². The molecule has 3 N–H and O–H groups in total. The van der Waals surface area contributed by atoms with Gasteiger partial charge in [-0.25, -0.2) is 36.7 Å². The van der Waals surface area contributed by atoms with Gasteiger partial charge >= 0.3 is 18.2 Å². The maximum Gasteiger partial charge on any atom is 0.414 e. The van der Waals surface area contributed by atoms with Crippen molar-refractivity contribution in [1.29, 1.82) is 0 Å². The van der Waals surface area contributed by atoms with Gasteiger partial charge in [-0.15, -0.1) is 5.10 Å². The summed E-state index contributed by atoms with van der Waals surface area (Å²) in [6, 6.07) is 17.7. The fourth-order valence-electron chi connectivity index (χ4n) is 6.06. The van der Waals surface area contributed by atoms with Gasteiger partial charge < -0.3 is 29.6 Å². The largest absolute Gasteiger partial charge is 0.494 e. The van der Waals surface area contributed by atoms with Crippen LogP contribution < -0.4 is 20.7 Å². The van der Waals surface area contributed by atoms with Crippen molar-refractivity contribution in [2.75, 3.05) is 24.0 Å². The third kappa shape index (κ3) is 11.6. The fourth-order valence-corrected chi connectivity index (χ4v) is 6.93. The number of halogens is 1. The third-order valence-corrected chi connectivity index (χ3v) is 10.2. The molecule has 0 saturated heterocycles. The van der Waals surface area contributed by atoms with Crippen molar-refractivity contribution < 1.29 is 50.9 Å². The van der Waals surface area contributed by atoms with Crippen molar-refractivity contribution in [3.05, 3.63) is 90.4 Å². The molecule has 0 spiro atoms. The predicted molar refractivity (Wildman–Crippen MR) is 225 cm³/mol. The first kappa shape index (κ1) is 45.5. The smallest absolute Gasteiger partial charge is 0.414 e. The first-order chi connectivity index (χ1) is 28.4. The minimum absolute atomic E-state index is 0.00799. The molecule has 5 rings (SSSR count). The molecule has 0 aliphatic heterocycles. The average molecular weight is 861 g/mol. The van der Waals surface area contributed by atoms with Crippen LogP contribution in [-0.2, 0) is 33.6 Å². The minimum Gasteiger partial charge on any atom is -0.494 e. The summed E-state index contributed by atoms with van der Waals surface area (Å²) in [7, 11) is -2.63. The molecule has 324 valence electrons. The summed E-state index contributed by atoms with van der Waals surface area (Å²) in [6.45, 7) is 13.2. The number of fused-ring (bicyclic) bond motifs is 1. The quantitative estimate of drug-likeness (QED) is 0.0814. The molecule has 18 heteroatoms. The number of sulfone groups is 1. The number of pyridine rings is 1. The van der Waals surface area contributed by atoms with E-state index in [-0.39, 0.29) is 39.4 Å². The highest BCUT2D eigenvalue weighted by Gasteiger charge is 2.37. The Bertz CT molecular complexity index is 2550. The summed E-state index contributed by atoms with van der Waals surface area (Å²) < 4.78 is 62.5. The van der Waals surface area contributed by atoms with E-state index >= 15 is 0 Å². The number of hydrogen-bond acceptors (Lipinski definition) is 12. The molecule has 3 atom stereocenters. The van der Waals surface area contributed by atoms with Crippen LogP contribution in [0.1, 0.15) is 66.9 Å². The normalized spacial score (nSPS) is 13.4. The zero-order valence-corrected chi connectivity index (χ0v) is 36.3. The molecule has 1 unspecified atom stereocenters. The zero-order valence-electron chi connectivity index (χ0n) is 35.4. The molecule has 5 aromatic rings. The summed E-state index contributed by atoms with van der Waals surface area (Å²) in [6.07, 6.45) is -0.641. The van der Waals surface area contributed by atoms with E-state index in [0.717, 1.165) is 17.4 Å². The van der Waals surface area contributed by atoms with Crippen molar-refractivity contribution in [2.45, 2.75) is 84.1 Å². The van der Waals surface area contributed by atoms with Gasteiger partial charge in [0.15, 0.2) is 27.1 Å². The van der Waals surface area contributed by atoms with Gasteiger partial charge in [0.2, 0.25) is 12.2 Å². The van der Waals surface area contributed by atoms with Crippen molar-refractivity contribution in [2.24, 2.45) is 5.41 Å². The number of anilines is 2. The molecule has 0 bridgehead atoms. The van der Waals surface area contributed by atoms with Crippen molar-refractivity contribution >= 4 is 50.9 Å². The van der Waals surface area contributed by atoms with E-state index in [0.29, 0.717) is 16.9 Å². The van der Waals surface area contributed by atoms with Crippen molar-refractivity contribution in [3.8, 4) is 28.3 Å². The minimum atomic E-state index is -3.91. The average Bonchev–Trinajstić information content (AvgIpc) is 3.58. The van der Waals surface area contributed by atoms with Gasteiger partial charge in [-0.3, -0.25) is 10.1 Å². The van der Waals surface area contributed by atoms with Crippen LogP contribution in [0.4, 0.5) is 25.4 Å². The summed E-state index contributed by atoms with van der Waals surface area (Å²) >= 11 is 0. The van der Waals surface area contributed by atoms with E-state index < -0.39 is 57.3 Å². The number of amides is 3. The highest BCUT2D eigenvalue weighted by Crippen LogP contribution is 2.40. The third-order valence-electron chi connectivity index (χ3n) is 9.08. The SMILES string of the molecule is COc1c(NC(=O)OC(C)OC(=O)[C@@H](NC(=O)OC(C)(C)C)C(C)(C)C)ccc(S(C)(=O)=O)c1-c1nc2ccc(-c3ccc(NC(=O)[C@H](C)c4ccc(F)cc4)cc3)cn2n1. The maximum absolute atomic E-state index is 13.4. The Morgan fingerprint density at radius 3 is 2.03 bits per heavy atom. The first-order valence-electron chi connectivity index (χ1n) is 19.1. The number of aromatic nitrogens is 3. The monoisotopic (exact) mass is 860 g/mol. The number of hydrogen-bond donors (Lipinski definition) is 3. The Balaban J connectivity index is 1.34. The molecule has 3 aromatic carbocycles. The predicted octanol–water partition coefficient (Wildman–Crippen LogP) is 7.73. The van der Waals surface area contributed by atoms with Crippen molar-refractivity contribution in [3.63, 3.8) is 0 Å². The number of nitrogens with zero attached hydrogens (tertiary/aromatic N) is 3. The number of carbonyl (C=O) groups is 4. The molecule has 0 aliphatic rings. The van der Waals surface area contributed by atoms with Crippen LogP contribution in [0.5, 0.6) is 5.75 Å². The fraction of sp³-hybridized carbons (Fsp3) is 0.349. The van der Waals surface area contributed by atoms with E-state index in [4.69, 9.17) is 18.9 Å². The van der Waals surface area contributed by atoms with Crippen molar-refractivity contribution in [1.82, 2.24) is 19.9 Å². The Labute approximate surface area is 353 Å². The lowest BCUT2D eigenvalue weighted by Crippen LogP contribution is -2.51. The summed E-state index contributed by atoms with van der Waals surface area (Å²) in [5.41, 5.74) is 1.42. The highest BCUT2D eigenvalue weighted by atomic mass is 32.2. The number of nitrogens with one attached hydrogen (secondary N) is 3. The van der Waals surface area contributed by atoms with Gasteiger partial charge in [0, 0.05) is 30.6 Å². The lowest BCUT2D eigenvalue weighted by molar-refractivity contribution is -0.169. The Kier molecular flexibility index (Phi) is 13.4. The van der Waals surface area contributed by atoms with Crippen LogP contribution in [0.2, 0.25) is 0 Å². The van der Waals surface area contributed by atoms with Crippen LogP contribution in [-0.4, -0.2) is 78.4 Å². The van der Waals surface area contributed by atoms with Crippen LogP contribution in [0, 0.1) is 11.2 Å². The van der Waals surface area contributed by atoms with Gasteiger partial charge in [0.1, 0.15) is 17.5 Å². The maximum atomic E-state index is 13.4. The van der Waals surface area contributed by atoms with E-state index in [1.807, 2.05) is 12.1 Å². The number of ether oxygens (including phenoxy) is 4. The Hall–Kier alpha value is -6.56. The lowest BCUT2D eigenvalue weighted by Gasteiger charge is -2.31. The number of alkyl carbamates (subject to hydrolysis) is 1. The number of benzene rings is 3. The number of rotatable bonds is 12. The second-order valence-electron chi connectivity index (χ2n) is 16.3. The Morgan fingerprint density at radius 1 is 0.803 bits per heavy atom. The standard InChI is InChI=1S/C43H49FN6O10S/c1-24(26-11-16-29(44)17-12-26)38(51)45-30-18-13-27(14-19-30)28-15-22-33-47-37(49-50(33)23-28)34-32(61(10,55)56)21-20-31(35(34)57-9)46-40(53)59-25(2)58-39(52)36(42(3,4)5)48-41(54)60-43(6,7)8/h11-25,36H,1-10H3,(H,45,51)(H,46,53)(H,48,54)/t24-,25?,36-/m1/s1. The van der Waals surface area contributed by atoms with Gasteiger partial charge in [-0.1, -0.05) is 45.0 Å². The second kappa shape index (κ2) is 18.0. The number of methoxy groups -OCH3 is 1. The molecule has 16 nitrogen and oxygen atoms in total. The zero-order chi connectivity index (χ0) is 45.0. The molecule has 0 fully saturated rings. The summed E-state index contributed by atoms with van der Waals surface area (Å²) in [4.78, 5) is 56.0. The molecular formula is C43H49FN6O10S. The van der Waals surface area contributed by atoms with Gasteiger partial charge in [0.05, 0.1) is 29.2 Å². The second-order valence-corrected chi connectivity index (χ2v) is 18.3. The van der Waals surface area contributed by atoms with E-state index in [9.17, 15) is 32.0 Å². The summed E-state index contributed by atoms with van der Waals surface area (Å²) in [5.74, 6) is -2.17. The molecule has 0 saturated carbocycles. The summed E-state index contributed by atoms with van der Waals surface area (Å²) in [5, 5.41) is 12.5. The van der Waals surface area contributed by atoms with Crippen LogP contribution in [0.15, 0.2) is 83.9 Å². The lowest BCUT2D eigenvalue weighted by atomic mass is 9.87. The number of esters is 1. The molecule has 2 aromatic heterocycles. The van der Waals surface area contributed by atoms with Gasteiger partial charge in [-0.05, 0) is 92.8 Å².